The summed E-state index contributed by atoms with van der Waals surface area (Å²) in [5.41, 5.74) is 4.53. The van der Waals surface area contributed by atoms with Crippen molar-refractivity contribution in [2.75, 3.05) is 0 Å². The molecule has 4 atom stereocenters. The Morgan fingerprint density at radius 1 is 1.21 bits per heavy atom. The molecule has 14 heavy (non-hydrogen) atoms. The van der Waals surface area contributed by atoms with Crippen molar-refractivity contribution in [2.45, 2.75) is 58.7 Å². The maximum atomic E-state index is 14.3. The van der Waals surface area contributed by atoms with Gasteiger partial charge >= 0.3 is 0 Å². The molecule has 0 aromatic carbocycles. The van der Waals surface area contributed by atoms with E-state index < -0.39 is 5.67 Å². The minimum Gasteiger partial charge on any atom is -0.325 e. The molecule has 1 nitrogen and oxygen atoms in total. The maximum absolute atomic E-state index is 14.3. The number of hydrogen-bond acceptors (Lipinski definition) is 1. The third kappa shape index (κ3) is 2.47. The Bertz CT molecular complexity index is 179. The molecule has 0 spiro atoms. The first-order valence-electron chi connectivity index (χ1n) is 5.78. The average molecular weight is 201 g/mol. The fourth-order valence-electron chi connectivity index (χ4n) is 2.78. The standard InChI is InChI=1S/C12H24FN/c1-8-5-9(2)7-11(6-8)12(4,13)10(3)14/h8-11H,5-7,14H2,1-4H3. The largest absolute Gasteiger partial charge is 0.325 e. The number of halogens is 1. The highest BCUT2D eigenvalue weighted by molar-refractivity contribution is 4.93. The smallest absolute Gasteiger partial charge is 0.125 e. The van der Waals surface area contributed by atoms with Crippen molar-refractivity contribution in [3.05, 3.63) is 0 Å². The minimum absolute atomic E-state index is 0.154. The van der Waals surface area contributed by atoms with E-state index in [-0.39, 0.29) is 12.0 Å². The number of alkyl halides is 1. The summed E-state index contributed by atoms with van der Waals surface area (Å²) in [5.74, 6) is 1.45. The molecule has 0 amide bonds. The number of nitrogens with two attached hydrogens (primary N) is 1. The third-order valence-corrected chi connectivity index (χ3v) is 3.87. The predicted octanol–water partition coefficient (Wildman–Crippen LogP) is 3.13. The van der Waals surface area contributed by atoms with Gasteiger partial charge in [-0.3, -0.25) is 0 Å². The molecule has 0 aliphatic heterocycles. The molecule has 4 unspecified atom stereocenters. The molecular weight excluding hydrogens is 177 g/mol. The van der Waals surface area contributed by atoms with E-state index in [1.807, 2.05) is 0 Å². The van der Waals surface area contributed by atoms with Gasteiger partial charge < -0.3 is 5.73 Å². The van der Waals surface area contributed by atoms with Crippen LogP contribution in [0.2, 0.25) is 0 Å². The van der Waals surface area contributed by atoms with E-state index in [1.54, 1.807) is 13.8 Å². The lowest BCUT2D eigenvalue weighted by Crippen LogP contribution is -2.47. The van der Waals surface area contributed by atoms with Crippen LogP contribution < -0.4 is 5.73 Å². The molecule has 1 saturated carbocycles. The van der Waals surface area contributed by atoms with E-state index in [2.05, 4.69) is 13.8 Å². The molecule has 2 N–H and O–H groups in total. The van der Waals surface area contributed by atoms with Gasteiger partial charge in [0.15, 0.2) is 0 Å². The van der Waals surface area contributed by atoms with Crippen LogP contribution in [-0.4, -0.2) is 11.7 Å². The topological polar surface area (TPSA) is 26.0 Å². The zero-order chi connectivity index (χ0) is 10.9. The Kier molecular flexibility index (Phi) is 3.57. The summed E-state index contributed by atoms with van der Waals surface area (Å²) in [6.07, 6.45) is 3.24. The Labute approximate surface area is 87.3 Å². The van der Waals surface area contributed by atoms with Crippen LogP contribution in [0.25, 0.3) is 0 Å². The van der Waals surface area contributed by atoms with E-state index in [1.165, 1.54) is 6.42 Å². The van der Waals surface area contributed by atoms with Crippen LogP contribution in [0.15, 0.2) is 0 Å². The normalized spacial score (nSPS) is 40.3. The minimum atomic E-state index is -1.19. The first kappa shape index (κ1) is 12.0. The molecular formula is C12H24FN. The molecule has 0 saturated heterocycles. The number of rotatable bonds is 2. The van der Waals surface area contributed by atoms with Crippen molar-refractivity contribution >= 4 is 0 Å². The van der Waals surface area contributed by atoms with E-state index in [0.29, 0.717) is 11.8 Å². The van der Waals surface area contributed by atoms with Gasteiger partial charge in [-0.15, -0.1) is 0 Å². The molecule has 0 radical (unpaired) electrons. The summed E-state index contributed by atoms with van der Waals surface area (Å²) < 4.78 is 14.3. The summed E-state index contributed by atoms with van der Waals surface area (Å²) in [6.45, 7) is 7.90. The molecule has 84 valence electrons. The lowest BCUT2D eigenvalue weighted by molar-refractivity contribution is 0.0263. The Morgan fingerprint density at radius 2 is 1.64 bits per heavy atom. The number of hydrogen-bond donors (Lipinski definition) is 1. The zero-order valence-corrected chi connectivity index (χ0v) is 9.89. The lowest BCUT2D eigenvalue weighted by atomic mass is 9.69. The summed E-state index contributed by atoms with van der Waals surface area (Å²) in [6, 6.07) is -0.356. The van der Waals surface area contributed by atoms with Crippen LogP contribution in [0.4, 0.5) is 4.39 Å². The van der Waals surface area contributed by atoms with Crippen LogP contribution in [0, 0.1) is 17.8 Å². The van der Waals surface area contributed by atoms with Crippen molar-refractivity contribution in [1.82, 2.24) is 0 Å². The zero-order valence-electron chi connectivity index (χ0n) is 9.89. The fourth-order valence-corrected chi connectivity index (χ4v) is 2.78. The summed E-state index contributed by atoms with van der Waals surface area (Å²) in [7, 11) is 0. The van der Waals surface area contributed by atoms with Crippen molar-refractivity contribution in [3.8, 4) is 0 Å². The Hall–Kier alpha value is -0.110. The quantitative estimate of drug-likeness (QED) is 0.730. The van der Waals surface area contributed by atoms with Crippen LogP contribution in [0.3, 0.4) is 0 Å². The van der Waals surface area contributed by atoms with Gasteiger partial charge in [-0.2, -0.15) is 0 Å². The predicted molar refractivity (Wildman–Crippen MR) is 58.8 cm³/mol. The fraction of sp³-hybridized carbons (Fsp3) is 1.00. The van der Waals surface area contributed by atoms with Crippen LogP contribution in [0.1, 0.15) is 47.0 Å². The van der Waals surface area contributed by atoms with E-state index in [0.717, 1.165) is 12.8 Å². The SMILES string of the molecule is CC1CC(C)CC(C(C)(F)C(C)N)C1. The van der Waals surface area contributed by atoms with Crippen LogP contribution >= 0.6 is 0 Å². The lowest BCUT2D eigenvalue weighted by Gasteiger charge is -2.40. The van der Waals surface area contributed by atoms with Crippen molar-refractivity contribution < 1.29 is 4.39 Å². The van der Waals surface area contributed by atoms with Gasteiger partial charge in [0.2, 0.25) is 0 Å². The summed E-state index contributed by atoms with van der Waals surface area (Å²) in [5, 5.41) is 0. The van der Waals surface area contributed by atoms with Crippen molar-refractivity contribution in [2.24, 2.45) is 23.5 Å². The van der Waals surface area contributed by atoms with Gasteiger partial charge in [-0.1, -0.05) is 13.8 Å². The highest BCUT2D eigenvalue weighted by Crippen LogP contribution is 2.41. The van der Waals surface area contributed by atoms with Gasteiger partial charge in [0.1, 0.15) is 5.67 Å². The molecule has 0 aromatic heterocycles. The van der Waals surface area contributed by atoms with Crippen LogP contribution in [0.5, 0.6) is 0 Å². The second-order valence-electron chi connectivity index (χ2n) is 5.55. The first-order valence-corrected chi connectivity index (χ1v) is 5.78. The molecule has 1 rings (SSSR count). The highest BCUT2D eigenvalue weighted by Gasteiger charge is 2.41. The first-order chi connectivity index (χ1) is 6.34. The highest BCUT2D eigenvalue weighted by atomic mass is 19.1. The van der Waals surface area contributed by atoms with Gasteiger partial charge in [0.25, 0.3) is 0 Å². The van der Waals surface area contributed by atoms with Gasteiger partial charge in [-0.25, -0.2) is 4.39 Å². The average Bonchev–Trinajstić information content (AvgIpc) is 2.01. The Balaban J connectivity index is 2.67. The second kappa shape index (κ2) is 4.18. The van der Waals surface area contributed by atoms with Gasteiger partial charge in [-0.05, 0) is 50.9 Å². The van der Waals surface area contributed by atoms with Gasteiger partial charge in [0, 0.05) is 6.04 Å². The third-order valence-electron chi connectivity index (χ3n) is 3.87. The molecule has 1 aliphatic carbocycles. The summed E-state index contributed by atoms with van der Waals surface area (Å²) in [4.78, 5) is 0. The molecule has 0 aromatic rings. The maximum Gasteiger partial charge on any atom is 0.125 e. The monoisotopic (exact) mass is 201 g/mol. The molecule has 1 aliphatic rings. The Morgan fingerprint density at radius 3 is 2.00 bits per heavy atom. The summed E-state index contributed by atoms with van der Waals surface area (Å²) >= 11 is 0. The molecule has 0 heterocycles. The van der Waals surface area contributed by atoms with E-state index in [4.69, 9.17) is 5.73 Å². The molecule has 2 heteroatoms. The van der Waals surface area contributed by atoms with Crippen LogP contribution in [-0.2, 0) is 0 Å². The molecule has 1 fully saturated rings. The second-order valence-corrected chi connectivity index (χ2v) is 5.55. The van der Waals surface area contributed by atoms with E-state index >= 15 is 0 Å². The van der Waals surface area contributed by atoms with Gasteiger partial charge in [0.05, 0.1) is 0 Å². The van der Waals surface area contributed by atoms with E-state index in [9.17, 15) is 4.39 Å². The van der Waals surface area contributed by atoms with Crippen molar-refractivity contribution in [3.63, 3.8) is 0 Å². The molecule has 0 bridgehead atoms. The van der Waals surface area contributed by atoms with Crippen molar-refractivity contribution in [1.29, 1.82) is 0 Å².